The molecular formula is C18H17NO6. The quantitative estimate of drug-likeness (QED) is 0.331. The van der Waals surface area contributed by atoms with Gasteiger partial charge in [0.25, 0.3) is 5.69 Å². The van der Waals surface area contributed by atoms with Crippen LogP contribution in [0.1, 0.15) is 15.9 Å². The van der Waals surface area contributed by atoms with Crippen LogP contribution in [-0.2, 0) is 0 Å². The van der Waals surface area contributed by atoms with Crippen molar-refractivity contribution in [3.63, 3.8) is 0 Å². The zero-order valence-corrected chi connectivity index (χ0v) is 14.0. The van der Waals surface area contributed by atoms with Crippen molar-refractivity contribution >= 4 is 17.5 Å². The fourth-order valence-corrected chi connectivity index (χ4v) is 2.21. The van der Waals surface area contributed by atoms with Crippen molar-refractivity contribution in [1.29, 1.82) is 0 Å². The van der Waals surface area contributed by atoms with Gasteiger partial charge in [0.2, 0.25) is 5.75 Å². The average molecular weight is 343 g/mol. The van der Waals surface area contributed by atoms with Gasteiger partial charge in [-0.1, -0.05) is 6.08 Å². The summed E-state index contributed by atoms with van der Waals surface area (Å²) in [6, 6.07) is 8.84. The fraction of sp³-hybridized carbons (Fsp3) is 0.167. The van der Waals surface area contributed by atoms with E-state index in [1.165, 1.54) is 51.7 Å². The number of nitro groups is 1. The van der Waals surface area contributed by atoms with E-state index in [0.29, 0.717) is 28.4 Å². The van der Waals surface area contributed by atoms with Gasteiger partial charge in [-0.05, 0) is 35.9 Å². The zero-order valence-electron chi connectivity index (χ0n) is 14.0. The van der Waals surface area contributed by atoms with Crippen LogP contribution >= 0.6 is 0 Å². The molecular weight excluding hydrogens is 326 g/mol. The summed E-state index contributed by atoms with van der Waals surface area (Å²) in [5, 5.41) is 10.6. The highest BCUT2D eigenvalue weighted by molar-refractivity contribution is 6.06. The van der Waals surface area contributed by atoms with Gasteiger partial charge in [0.05, 0.1) is 26.3 Å². The van der Waals surface area contributed by atoms with Crippen molar-refractivity contribution in [2.75, 3.05) is 21.3 Å². The van der Waals surface area contributed by atoms with Crippen LogP contribution in [0.5, 0.6) is 17.2 Å². The summed E-state index contributed by atoms with van der Waals surface area (Å²) in [5.41, 5.74) is 0.976. The summed E-state index contributed by atoms with van der Waals surface area (Å²) >= 11 is 0. The Morgan fingerprint density at radius 3 is 2.00 bits per heavy atom. The molecule has 7 nitrogen and oxygen atoms in total. The number of ether oxygens (including phenoxy) is 3. The van der Waals surface area contributed by atoms with Gasteiger partial charge >= 0.3 is 0 Å². The SMILES string of the molecule is COc1cc(/C=C/C(=O)c2ccc([N+](=O)[O-])cc2)cc(OC)c1OC. The molecule has 0 saturated carbocycles. The van der Waals surface area contributed by atoms with Crippen molar-refractivity contribution in [3.8, 4) is 17.2 Å². The minimum atomic E-state index is -0.514. The molecule has 0 radical (unpaired) electrons. The van der Waals surface area contributed by atoms with Crippen LogP contribution in [0.25, 0.3) is 6.08 Å². The van der Waals surface area contributed by atoms with Crippen LogP contribution in [0.4, 0.5) is 5.69 Å². The van der Waals surface area contributed by atoms with Gasteiger partial charge in [-0.2, -0.15) is 0 Å². The highest BCUT2D eigenvalue weighted by Gasteiger charge is 2.12. The Hall–Kier alpha value is -3.35. The van der Waals surface area contributed by atoms with Crippen LogP contribution in [-0.4, -0.2) is 32.0 Å². The summed E-state index contributed by atoms with van der Waals surface area (Å²) in [6.45, 7) is 0. The molecule has 0 spiro atoms. The minimum absolute atomic E-state index is 0.0647. The third kappa shape index (κ3) is 4.14. The predicted molar refractivity (Wildman–Crippen MR) is 92.6 cm³/mol. The number of allylic oxidation sites excluding steroid dienone is 1. The molecule has 0 saturated heterocycles. The number of benzene rings is 2. The first-order chi connectivity index (χ1) is 12.0. The van der Waals surface area contributed by atoms with Crippen LogP contribution < -0.4 is 14.2 Å². The number of rotatable bonds is 7. The maximum Gasteiger partial charge on any atom is 0.269 e. The monoisotopic (exact) mass is 343 g/mol. The Morgan fingerprint density at radius 2 is 1.56 bits per heavy atom. The largest absolute Gasteiger partial charge is 0.493 e. The maximum atomic E-state index is 12.2. The molecule has 0 aromatic heterocycles. The van der Waals surface area contributed by atoms with Gasteiger partial charge in [-0.3, -0.25) is 14.9 Å². The van der Waals surface area contributed by atoms with Crippen molar-refractivity contribution in [2.24, 2.45) is 0 Å². The normalized spacial score (nSPS) is 10.5. The number of hydrogen-bond acceptors (Lipinski definition) is 6. The van der Waals surface area contributed by atoms with Crippen LogP contribution in [0.3, 0.4) is 0 Å². The fourth-order valence-electron chi connectivity index (χ4n) is 2.21. The zero-order chi connectivity index (χ0) is 18.4. The summed E-state index contributed by atoms with van der Waals surface area (Å²) in [6.07, 6.45) is 2.98. The van der Waals surface area contributed by atoms with Gasteiger partial charge in [-0.15, -0.1) is 0 Å². The standard InChI is InChI=1S/C18H17NO6/c1-23-16-10-12(11-17(24-2)18(16)25-3)4-9-15(20)13-5-7-14(8-6-13)19(21)22/h4-11H,1-3H3/b9-4+. The molecule has 0 aliphatic heterocycles. The molecule has 2 aromatic rings. The Kier molecular flexibility index (Phi) is 5.73. The van der Waals surface area contributed by atoms with E-state index in [1.807, 2.05) is 0 Å². The van der Waals surface area contributed by atoms with Crippen molar-refractivity contribution in [2.45, 2.75) is 0 Å². The van der Waals surface area contributed by atoms with Gasteiger partial charge in [0.15, 0.2) is 17.3 Å². The molecule has 7 heteroatoms. The van der Waals surface area contributed by atoms with Crippen LogP contribution in [0.15, 0.2) is 42.5 Å². The average Bonchev–Trinajstić information content (AvgIpc) is 2.64. The van der Waals surface area contributed by atoms with E-state index < -0.39 is 4.92 Å². The van der Waals surface area contributed by atoms with E-state index in [2.05, 4.69) is 0 Å². The lowest BCUT2D eigenvalue weighted by Gasteiger charge is -2.12. The highest BCUT2D eigenvalue weighted by atomic mass is 16.6. The molecule has 130 valence electrons. The van der Waals surface area contributed by atoms with Crippen LogP contribution in [0, 0.1) is 10.1 Å². The first-order valence-corrected chi connectivity index (χ1v) is 7.27. The van der Waals surface area contributed by atoms with E-state index in [1.54, 1.807) is 18.2 Å². The van der Waals surface area contributed by atoms with E-state index in [9.17, 15) is 14.9 Å². The number of methoxy groups -OCH3 is 3. The van der Waals surface area contributed by atoms with Gasteiger partial charge in [0.1, 0.15) is 0 Å². The molecule has 2 rings (SSSR count). The first kappa shape index (κ1) is 18.0. The molecule has 25 heavy (non-hydrogen) atoms. The molecule has 2 aromatic carbocycles. The van der Waals surface area contributed by atoms with Crippen molar-refractivity contribution in [3.05, 3.63) is 63.7 Å². The second kappa shape index (κ2) is 7.96. The van der Waals surface area contributed by atoms with Crippen LogP contribution in [0.2, 0.25) is 0 Å². The lowest BCUT2D eigenvalue weighted by Crippen LogP contribution is -1.97. The molecule has 0 aliphatic carbocycles. The molecule has 0 unspecified atom stereocenters. The summed E-state index contributed by atoms with van der Waals surface area (Å²) in [4.78, 5) is 22.3. The Bertz CT molecular complexity index is 786. The topological polar surface area (TPSA) is 87.9 Å². The van der Waals surface area contributed by atoms with Gasteiger partial charge < -0.3 is 14.2 Å². The third-order valence-electron chi connectivity index (χ3n) is 3.48. The molecule has 0 aliphatic rings. The Labute approximate surface area is 144 Å². The lowest BCUT2D eigenvalue weighted by molar-refractivity contribution is -0.384. The van der Waals surface area contributed by atoms with Gasteiger partial charge in [0, 0.05) is 17.7 Å². The molecule has 0 N–H and O–H groups in total. The lowest BCUT2D eigenvalue weighted by atomic mass is 10.1. The highest BCUT2D eigenvalue weighted by Crippen LogP contribution is 2.38. The minimum Gasteiger partial charge on any atom is -0.493 e. The number of non-ortho nitro benzene ring substituents is 1. The van der Waals surface area contributed by atoms with Gasteiger partial charge in [-0.25, -0.2) is 0 Å². The number of hydrogen-bond donors (Lipinski definition) is 0. The first-order valence-electron chi connectivity index (χ1n) is 7.27. The summed E-state index contributed by atoms with van der Waals surface area (Å²) in [7, 11) is 4.52. The number of carbonyl (C=O) groups excluding carboxylic acids is 1. The smallest absolute Gasteiger partial charge is 0.269 e. The Balaban J connectivity index is 2.26. The summed E-state index contributed by atoms with van der Waals surface area (Å²) < 4.78 is 15.8. The maximum absolute atomic E-state index is 12.2. The van der Waals surface area contributed by atoms with E-state index in [0.717, 1.165) is 0 Å². The molecule has 0 heterocycles. The number of carbonyl (C=O) groups is 1. The summed E-state index contributed by atoms with van der Waals surface area (Å²) in [5.74, 6) is 1.14. The predicted octanol–water partition coefficient (Wildman–Crippen LogP) is 3.52. The second-order valence-corrected chi connectivity index (χ2v) is 4.96. The third-order valence-corrected chi connectivity index (χ3v) is 3.48. The van der Waals surface area contributed by atoms with E-state index in [-0.39, 0.29) is 11.5 Å². The number of ketones is 1. The number of nitrogens with zero attached hydrogens (tertiary/aromatic N) is 1. The second-order valence-electron chi connectivity index (χ2n) is 4.96. The van der Waals surface area contributed by atoms with Crippen molar-refractivity contribution in [1.82, 2.24) is 0 Å². The Morgan fingerprint density at radius 1 is 1.00 bits per heavy atom. The molecule has 0 amide bonds. The molecule has 0 atom stereocenters. The van der Waals surface area contributed by atoms with E-state index >= 15 is 0 Å². The van der Waals surface area contributed by atoms with Crippen molar-refractivity contribution < 1.29 is 23.9 Å². The van der Waals surface area contributed by atoms with E-state index in [4.69, 9.17) is 14.2 Å². The molecule has 0 bridgehead atoms. The number of nitro benzene ring substituents is 1. The molecule has 0 fully saturated rings.